The molecule has 0 radical (unpaired) electrons. The average molecular weight is 262 g/mol. The van der Waals surface area contributed by atoms with Crippen LogP contribution in [0.2, 0.25) is 0 Å². The van der Waals surface area contributed by atoms with Crippen LogP contribution in [0.15, 0.2) is 24.4 Å². The van der Waals surface area contributed by atoms with Gasteiger partial charge in [0.2, 0.25) is 0 Å². The van der Waals surface area contributed by atoms with Gasteiger partial charge in [-0.15, -0.1) is 11.3 Å². The third kappa shape index (κ3) is 2.18. The topological polar surface area (TPSA) is 24.9 Å². The van der Waals surface area contributed by atoms with Crippen molar-refractivity contribution in [3.05, 3.63) is 51.2 Å². The SMILES string of the molecule is Cc1cnc(CNC2CCc3c(F)cccc32)s1. The Balaban J connectivity index is 1.71. The molecule has 0 bridgehead atoms. The first kappa shape index (κ1) is 11.8. The predicted octanol–water partition coefficient (Wildman–Crippen LogP) is 3.37. The Bertz CT molecular complexity index is 565. The number of benzene rings is 1. The second kappa shape index (κ2) is 4.78. The van der Waals surface area contributed by atoms with Gasteiger partial charge in [0.05, 0.1) is 0 Å². The van der Waals surface area contributed by atoms with E-state index in [1.807, 2.05) is 12.3 Å². The van der Waals surface area contributed by atoms with E-state index in [1.165, 1.54) is 4.88 Å². The van der Waals surface area contributed by atoms with E-state index in [1.54, 1.807) is 23.5 Å². The summed E-state index contributed by atoms with van der Waals surface area (Å²) < 4.78 is 13.6. The normalized spacial score (nSPS) is 18.0. The summed E-state index contributed by atoms with van der Waals surface area (Å²) in [4.78, 5) is 5.56. The van der Waals surface area contributed by atoms with Crippen molar-refractivity contribution >= 4 is 11.3 Å². The van der Waals surface area contributed by atoms with Gasteiger partial charge in [-0.05, 0) is 37.0 Å². The average Bonchev–Trinajstić information content (AvgIpc) is 2.94. The van der Waals surface area contributed by atoms with Crippen molar-refractivity contribution in [2.24, 2.45) is 0 Å². The van der Waals surface area contributed by atoms with Crippen LogP contribution in [0.3, 0.4) is 0 Å². The number of fused-ring (bicyclic) bond motifs is 1. The van der Waals surface area contributed by atoms with Crippen LogP contribution in [0.4, 0.5) is 4.39 Å². The monoisotopic (exact) mass is 262 g/mol. The Labute approximate surface area is 110 Å². The molecule has 3 rings (SSSR count). The molecule has 2 aromatic rings. The van der Waals surface area contributed by atoms with Crippen molar-refractivity contribution in [3.8, 4) is 0 Å². The van der Waals surface area contributed by atoms with Crippen LogP contribution in [0.25, 0.3) is 0 Å². The van der Waals surface area contributed by atoms with Gasteiger partial charge in [-0.2, -0.15) is 0 Å². The van der Waals surface area contributed by atoms with Crippen LogP contribution in [0.5, 0.6) is 0 Å². The van der Waals surface area contributed by atoms with E-state index in [0.29, 0.717) is 0 Å². The molecule has 1 N–H and O–H groups in total. The van der Waals surface area contributed by atoms with Crippen molar-refractivity contribution in [2.45, 2.75) is 32.4 Å². The molecule has 94 valence electrons. The second-order valence-corrected chi connectivity index (χ2v) is 5.96. The minimum Gasteiger partial charge on any atom is -0.304 e. The number of nitrogens with one attached hydrogen (secondary N) is 1. The van der Waals surface area contributed by atoms with Crippen molar-refractivity contribution in [1.29, 1.82) is 0 Å². The van der Waals surface area contributed by atoms with Crippen LogP contribution in [0, 0.1) is 12.7 Å². The minimum absolute atomic E-state index is 0.0677. The van der Waals surface area contributed by atoms with Crippen molar-refractivity contribution < 1.29 is 4.39 Å². The number of nitrogens with zero attached hydrogens (tertiary/aromatic N) is 1. The first-order valence-electron chi connectivity index (χ1n) is 6.16. The Morgan fingerprint density at radius 3 is 3.17 bits per heavy atom. The number of aromatic nitrogens is 1. The molecule has 1 aliphatic rings. The fraction of sp³-hybridized carbons (Fsp3) is 0.357. The van der Waals surface area contributed by atoms with Gasteiger partial charge in [0.1, 0.15) is 10.8 Å². The summed E-state index contributed by atoms with van der Waals surface area (Å²) in [6.07, 6.45) is 3.70. The Morgan fingerprint density at radius 2 is 2.39 bits per heavy atom. The zero-order valence-electron chi connectivity index (χ0n) is 10.2. The molecule has 1 aromatic carbocycles. The largest absolute Gasteiger partial charge is 0.304 e. The molecule has 1 aromatic heterocycles. The smallest absolute Gasteiger partial charge is 0.126 e. The lowest BCUT2D eigenvalue weighted by atomic mass is 10.1. The maximum absolute atomic E-state index is 13.6. The molecule has 1 atom stereocenters. The molecule has 1 unspecified atom stereocenters. The summed E-state index contributed by atoms with van der Waals surface area (Å²) in [6.45, 7) is 2.82. The summed E-state index contributed by atoms with van der Waals surface area (Å²) in [5, 5.41) is 4.57. The van der Waals surface area contributed by atoms with Crippen LogP contribution in [0.1, 0.15) is 33.5 Å². The molecular formula is C14H15FN2S. The van der Waals surface area contributed by atoms with E-state index in [-0.39, 0.29) is 11.9 Å². The van der Waals surface area contributed by atoms with E-state index in [9.17, 15) is 4.39 Å². The summed E-state index contributed by atoms with van der Waals surface area (Å²) in [7, 11) is 0. The molecule has 0 amide bonds. The molecule has 1 heterocycles. The van der Waals surface area contributed by atoms with Crippen molar-refractivity contribution in [2.75, 3.05) is 0 Å². The van der Waals surface area contributed by atoms with Gasteiger partial charge in [0.25, 0.3) is 0 Å². The predicted molar refractivity (Wildman–Crippen MR) is 71.2 cm³/mol. The van der Waals surface area contributed by atoms with E-state index < -0.39 is 0 Å². The molecule has 2 nitrogen and oxygen atoms in total. The highest BCUT2D eigenvalue weighted by Crippen LogP contribution is 2.32. The molecule has 0 spiro atoms. The van der Waals surface area contributed by atoms with Gasteiger partial charge < -0.3 is 5.32 Å². The third-order valence-corrected chi connectivity index (χ3v) is 4.30. The van der Waals surface area contributed by atoms with Gasteiger partial charge in [-0.25, -0.2) is 9.37 Å². The highest BCUT2D eigenvalue weighted by atomic mass is 32.1. The van der Waals surface area contributed by atoms with Gasteiger partial charge in [-0.3, -0.25) is 0 Å². The summed E-state index contributed by atoms with van der Waals surface area (Å²) in [5.74, 6) is -0.0677. The molecule has 0 saturated carbocycles. The molecule has 0 aliphatic heterocycles. The molecule has 0 fully saturated rings. The zero-order chi connectivity index (χ0) is 12.5. The highest BCUT2D eigenvalue weighted by Gasteiger charge is 2.24. The lowest BCUT2D eigenvalue weighted by Crippen LogP contribution is -2.18. The number of thiazole rings is 1. The van der Waals surface area contributed by atoms with Crippen LogP contribution in [-0.4, -0.2) is 4.98 Å². The van der Waals surface area contributed by atoms with Crippen molar-refractivity contribution in [3.63, 3.8) is 0 Å². The first-order valence-corrected chi connectivity index (χ1v) is 6.97. The highest BCUT2D eigenvalue weighted by molar-refractivity contribution is 7.11. The summed E-state index contributed by atoms with van der Waals surface area (Å²) in [5.41, 5.74) is 1.99. The zero-order valence-corrected chi connectivity index (χ0v) is 11.1. The van der Waals surface area contributed by atoms with Gasteiger partial charge >= 0.3 is 0 Å². The minimum atomic E-state index is -0.0677. The Morgan fingerprint density at radius 1 is 1.50 bits per heavy atom. The fourth-order valence-electron chi connectivity index (χ4n) is 2.52. The number of hydrogen-bond acceptors (Lipinski definition) is 3. The first-order chi connectivity index (χ1) is 8.74. The number of halogens is 1. The number of hydrogen-bond donors (Lipinski definition) is 1. The van der Waals surface area contributed by atoms with Crippen LogP contribution < -0.4 is 5.32 Å². The van der Waals surface area contributed by atoms with Crippen molar-refractivity contribution in [1.82, 2.24) is 10.3 Å². The molecule has 4 heteroatoms. The number of aryl methyl sites for hydroxylation is 1. The number of rotatable bonds is 3. The van der Waals surface area contributed by atoms with Gasteiger partial charge in [0.15, 0.2) is 0 Å². The Kier molecular flexibility index (Phi) is 3.14. The molecular weight excluding hydrogens is 247 g/mol. The quantitative estimate of drug-likeness (QED) is 0.917. The fourth-order valence-corrected chi connectivity index (χ4v) is 3.25. The van der Waals surface area contributed by atoms with E-state index in [2.05, 4.69) is 17.2 Å². The summed E-state index contributed by atoms with van der Waals surface area (Å²) >= 11 is 1.71. The van der Waals surface area contributed by atoms with Gasteiger partial charge in [-0.1, -0.05) is 12.1 Å². The maximum Gasteiger partial charge on any atom is 0.126 e. The lowest BCUT2D eigenvalue weighted by Gasteiger charge is -2.12. The van der Waals surface area contributed by atoms with E-state index >= 15 is 0 Å². The van der Waals surface area contributed by atoms with Crippen LogP contribution in [-0.2, 0) is 13.0 Å². The van der Waals surface area contributed by atoms with Crippen LogP contribution >= 0.6 is 11.3 Å². The maximum atomic E-state index is 13.6. The van der Waals surface area contributed by atoms with E-state index in [4.69, 9.17) is 0 Å². The van der Waals surface area contributed by atoms with E-state index in [0.717, 1.165) is 35.5 Å². The standard InChI is InChI=1S/C14H15FN2S/c1-9-7-17-14(18-9)8-16-13-6-5-10-11(13)3-2-4-12(10)15/h2-4,7,13,16H,5-6,8H2,1H3. The summed E-state index contributed by atoms with van der Waals surface area (Å²) in [6, 6.07) is 5.63. The molecule has 0 saturated heterocycles. The Hall–Kier alpha value is -1.26. The van der Waals surface area contributed by atoms with Gasteiger partial charge in [0, 0.05) is 23.7 Å². The molecule has 1 aliphatic carbocycles. The third-order valence-electron chi connectivity index (χ3n) is 3.38. The lowest BCUT2D eigenvalue weighted by molar-refractivity contribution is 0.529. The molecule has 18 heavy (non-hydrogen) atoms. The second-order valence-electron chi connectivity index (χ2n) is 4.64.